The highest BCUT2D eigenvalue weighted by atomic mass is 16.2. The summed E-state index contributed by atoms with van der Waals surface area (Å²) in [6.07, 6.45) is 5.85. The van der Waals surface area contributed by atoms with Gasteiger partial charge in [-0.25, -0.2) is 4.79 Å². The van der Waals surface area contributed by atoms with Crippen molar-refractivity contribution in [1.82, 2.24) is 9.78 Å². The number of benzene rings is 2. The second-order valence-electron chi connectivity index (χ2n) is 5.18. The lowest BCUT2D eigenvalue weighted by Crippen LogP contribution is -2.19. The zero-order valence-electron chi connectivity index (χ0n) is 11.7. The van der Waals surface area contributed by atoms with Crippen LogP contribution in [0.5, 0.6) is 0 Å². The number of carbonyl (C=O) groups is 1. The molecule has 0 saturated heterocycles. The average Bonchev–Trinajstić information content (AvgIpc) is 2.96. The number of nitrogens with two attached hydrogens (primary N) is 1. The number of aromatic nitrogens is 2. The van der Waals surface area contributed by atoms with Gasteiger partial charge in [0.15, 0.2) is 0 Å². The van der Waals surface area contributed by atoms with E-state index < -0.39 is 6.03 Å². The zero-order valence-corrected chi connectivity index (χ0v) is 11.7. The maximum atomic E-state index is 11.5. The van der Waals surface area contributed by atoms with E-state index in [-0.39, 0.29) is 0 Å². The van der Waals surface area contributed by atoms with E-state index in [2.05, 4.69) is 17.3 Å². The van der Waals surface area contributed by atoms with Crippen LogP contribution in [0.2, 0.25) is 0 Å². The number of carbonyl (C=O) groups excluding carboxylic acids is 1. The van der Waals surface area contributed by atoms with Crippen molar-refractivity contribution in [2.75, 3.05) is 0 Å². The predicted octanol–water partition coefficient (Wildman–Crippen LogP) is 3.63. The summed E-state index contributed by atoms with van der Waals surface area (Å²) >= 11 is 0. The summed E-state index contributed by atoms with van der Waals surface area (Å²) in [4.78, 5) is 11.5. The number of hydrogen-bond acceptors (Lipinski definition) is 2. The molecule has 0 fully saturated rings. The molecule has 3 aromatic rings. The largest absolute Gasteiger partial charge is 0.350 e. The van der Waals surface area contributed by atoms with Gasteiger partial charge in [-0.1, -0.05) is 60.7 Å². The molecule has 106 valence electrons. The molecule has 4 rings (SSSR count). The Bertz CT molecular complexity index is 855. The third-order valence-electron chi connectivity index (χ3n) is 3.85. The van der Waals surface area contributed by atoms with Gasteiger partial charge in [0.2, 0.25) is 0 Å². The van der Waals surface area contributed by atoms with Gasteiger partial charge in [-0.15, -0.1) is 0 Å². The number of nitrogens with zero attached hydrogens (tertiary/aromatic N) is 2. The summed E-state index contributed by atoms with van der Waals surface area (Å²) in [5, 5.41) is 4.40. The van der Waals surface area contributed by atoms with Crippen LogP contribution in [0, 0.1) is 0 Å². The second kappa shape index (κ2) is 4.70. The normalized spacial score (nSPS) is 13.3. The summed E-state index contributed by atoms with van der Waals surface area (Å²) in [6, 6.07) is 15.5. The summed E-state index contributed by atoms with van der Waals surface area (Å²) in [6.45, 7) is 0. The lowest BCUT2D eigenvalue weighted by Gasteiger charge is -2.12. The van der Waals surface area contributed by atoms with Crippen LogP contribution in [-0.2, 0) is 0 Å². The quantitative estimate of drug-likeness (QED) is 0.537. The van der Waals surface area contributed by atoms with Gasteiger partial charge in [0.05, 0.1) is 0 Å². The third-order valence-corrected chi connectivity index (χ3v) is 3.85. The molecule has 0 unspecified atom stereocenters. The zero-order chi connectivity index (χ0) is 15.1. The van der Waals surface area contributed by atoms with Gasteiger partial charge in [0.25, 0.3) is 0 Å². The summed E-state index contributed by atoms with van der Waals surface area (Å²) in [5.74, 6) is 0. The topological polar surface area (TPSA) is 60.9 Å². The minimum atomic E-state index is -0.588. The molecule has 2 N–H and O–H groups in total. The molecule has 0 saturated carbocycles. The van der Waals surface area contributed by atoms with E-state index in [0.29, 0.717) is 0 Å². The molecule has 1 heterocycles. The van der Waals surface area contributed by atoms with Crippen LogP contribution in [0.4, 0.5) is 4.79 Å². The van der Waals surface area contributed by atoms with Crippen LogP contribution in [0.3, 0.4) is 0 Å². The summed E-state index contributed by atoms with van der Waals surface area (Å²) < 4.78 is 1.20. The van der Waals surface area contributed by atoms with Crippen LogP contribution < -0.4 is 5.73 Å². The van der Waals surface area contributed by atoms with Crippen LogP contribution >= 0.6 is 0 Å². The van der Waals surface area contributed by atoms with E-state index in [0.717, 1.165) is 33.5 Å². The Balaban J connectivity index is 2.10. The number of rotatable bonds is 0. The molecule has 0 spiro atoms. The SMILES string of the molecule is NC(=O)n1cc2c(n1)-c1ccccc1/C=C\c1ccccc1-2. The molecule has 4 nitrogen and oxygen atoms in total. The van der Waals surface area contributed by atoms with Crippen LogP contribution in [0.1, 0.15) is 11.1 Å². The molecule has 22 heavy (non-hydrogen) atoms. The molecule has 1 aliphatic rings. The highest BCUT2D eigenvalue weighted by molar-refractivity contribution is 5.94. The van der Waals surface area contributed by atoms with Gasteiger partial charge in [0, 0.05) is 17.3 Å². The smallest absolute Gasteiger partial charge is 0.339 e. The highest BCUT2D eigenvalue weighted by Gasteiger charge is 2.19. The Morgan fingerprint density at radius 2 is 1.45 bits per heavy atom. The molecule has 1 aliphatic carbocycles. The Morgan fingerprint density at radius 3 is 2.14 bits per heavy atom. The highest BCUT2D eigenvalue weighted by Crippen LogP contribution is 2.37. The molecule has 0 bridgehead atoms. The van der Waals surface area contributed by atoms with Gasteiger partial charge >= 0.3 is 6.03 Å². The monoisotopic (exact) mass is 287 g/mol. The van der Waals surface area contributed by atoms with Gasteiger partial charge in [-0.05, 0) is 16.7 Å². The molecule has 4 heteroatoms. The summed E-state index contributed by atoms with van der Waals surface area (Å²) in [7, 11) is 0. The fraction of sp³-hybridized carbons (Fsp3) is 0. The maximum Gasteiger partial charge on any atom is 0.339 e. The van der Waals surface area contributed by atoms with Crippen LogP contribution in [0.25, 0.3) is 34.5 Å². The number of hydrogen-bond donors (Lipinski definition) is 1. The van der Waals surface area contributed by atoms with E-state index in [9.17, 15) is 4.79 Å². The lowest BCUT2D eigenvalue weighted by atomic mass is 9.92. The van der Waals surface area contributed by atoms with Crippen molar-refractivity contribution in [2.24, 2.45) is 5.73 Å². The van der Waals surface area contributed by atoms with Crippen molar-refractivity contribution in [2.45, 2.75) is 0 Å². The van der Waals surface area contributed by atoms with Crippen LogP contribution in [0.15, 0.2) is 54.7 Å². The molecular formula is C18H13N3O. The second-order valence-corrected chi connectivity index (χ2v) is 5.18. The fourth-order valence-electron chi connectivity index (χ4n) is 2.81. The lowest BCUT2D eigenvalue weighted by molar-refractivity contribution is 0.248. The van der Waals surface area contributed by atoms with Gasteiger partial charge < -0.3 is 5.73 Å². The van der Waals surface area contributed by atoms with Crippen molar-refractivity contribution < 1.29 is 4.79 Å². The minimum Gasteiger partial charge on any atom is -0.350 e. The van der Waals surface area contributed by atoms with Gasteiger partial charge in [-0.2, -0.15) is 9.78 Å². The van der Waals surface area contributed by atoms with E-state index in [4.69, 9.17) is 5.73 Å². The first-order valence-corrected chi connectivity index (χ1v) is 7.00. The molecular weight excluding hydrogens is 274 g/mol. The third kappa shape index (κ3) is 1.85. The van der Waals surface area contributed by atoms with Crippen molar-refractivity contribution in [3.8, 4) is 22.4 Å². The number of fused-ring (bicyclic) bond motifs is 5. The van der Waals surface area contributed by atoms with Crippen molar-refractivity contribution in [1.29, 1.82) is 0 Å². The summed E-state index contributed by atoms with van der Waals surface area (Å²) in [5.41, 5.74) is 11.2. The van der Waals surface area contributed by atoms with Crippen molar-refractivity contribution in [3.05, 3.63) is 65.9 Å². The number of amides is 1. The minimum absolute atomic E-state index is 0.588. The Morgan fingerprint density at radius 1 is 0.864 bits per heavy atom. The fourth-order valence-corrected chi connectivity index (χ4v) is 2.81. The van der Waals surface area contributed by atoms with Gasteiger partial charge in [0.1, 0.15) is 5.69 Å². The first-order chi connectivity index (χ1) is 10.7. The van der Waals surface area contributed by atoms with E-state index in [1.165, 1.54) is 4.68 Å². The molecule has 0 aliphatic heterocycles. The molecule has 1 amide bonds. The first-order valence-electron chi connectivity index (χ1n) is 7.00. The Kier molecular flexibility index (Phi) is 2.69. The van der Waals surface area contributed by atoms with Crippen molar-refractivity contribution >= 4 is 18.2 Å². The predicted molar refractivity (Wildman–Crippen MR) is 87.0 cm³/mol. The molecule has 0 radical (unpaired) electrons. The van der Waals surface area contributed by atoms with Crippen molar-refractivity contribution in [3.63, 3.8) is 0 Å². The van der Waals surface area contributed by atoms with E-state index in [1.807, 2.05) is 48.5 Å². The van der Waals surface area contributed by atoms with E-state index >= 15 is 0 Å². The first kappa shape index (κ1) is 12.6. The Labute approximate surface area is 127 Å². The van der Waals surface area contributed by atoms with E-state index in [1.54, 1.807) is 6.20 Å². The molecule has 2 aromatic carbocycles. The Hall–Kier alpha value is -3.14. The number of primary amides is 1. The maximum absolute atomic E-state index is 11.5. The van der Waals surface area contributed by atoms with Gasteiger partial charge in [-0.3, -0.25) is 0 Å². The molecule has 0 atom stereocenters. The van der Waals surface area contributed by atoms with Crippen LogP contribution in [-0.4, -0.2) is 15.8 Å². The average molecular weight is 287 g/mol. The molecule has 1 aromatic heterocycles. The standard InChI is InChI=1S/C18H13N3O/c19-18(22)21-11-16-14-7-3-1-5-12(14)9-10-13-6-2-4-8-15(13)17(16)20-21/h1-11H,(H2,19,22)/b10-9-.